The second kappa shape index (κ2) is 8.04. The summed E-state index contributed by atoms with van der Waals surface area (Å²) in [6, 6.07) is 16.3. The summed E-state index contributed by atoms with van der Waals surface area (Å²) in [4.78, 5) is 8.78. The van der Waals surface area contributed by atoms with Crippen LogP contribution in [-0.4, -0.2) is 9.97 Å². The van der Waals surface area contributed by atoms with Crippen molar-refractivity contribution in [1.29, 1.82) is 0 Å². The Morgan fingerprint density at radius 1 is 1.04 bits per heavy atom. The van der Waals surface area contributed by atoms with E-state index in [4.69, 9.17) is 11.6 Å². The Labute approximate surface area is 147 Å². The van der Waals surface area contributed by atoms with Crippen molar-refractivity contribution in [3.8, 4) is 0 Å². The Kier molecular flexibility index (Phi) is 5.57. The standard InChI is InChI=1S/C20H20ClN3/c1-15-10-17(13-22-12-15)14-24-20(19-4-2-3-9-23-19)11-16-5-7-18(21)8-6-16/h2-10,12-13,20,24H,11,14H2,1H3. The van der Waals surface area contributed by atoms with Crippen molar-refractivity contribution in [2.24, 2.45) is 0 Å². The van der Waals surface area contributed by atoms with Gasteiger partial charge in [0.05, 0.1) is 11.7 Å². The van der Waals surface area contributed by atoms with Crippen LogP contribution in [0, 0.1) is 6.92 Å². The van der Waals surface area contributed by atoms with Gasteiger partial charge in [0.2, 0.25) is 0 Å². The zero-order chi connectivity index (χ0) is 16.8. The van der Waals surface area contributed by atoms with Crippen LogP contribution in [0.1, 0.15) is 28.4 Å². The molecule has 0 radical (unpaired) electrons. The summed E-state index contributed by atoms with van der Waals surface area (Å²) < 4.78 is 0. The maximum absolute atomic E-state index is 5.99. The van der Waals surface area contributed by atoms with E-state index >= 15 is 0 Å². The highest BCUT2D eigenvalue weighted by molar-refractivity contribution is 6.30. The van der Waals surface area contributed by atoms with Crippen molar-refractivity contribution < 1.29 is 0 Å². The molecule has 0 bridgehead atoms. The van der Waals surface area contributed by atoms with Crippen LogP contribution in [0.4, 0.5) is 0 Å². The Morgan fingerprint density at radius 2 is 1.88 bits per heavy atom. The van der Waals surface area contributed by atoms with Crippen molar-refractivity contribution in [2.75, 3.05) is 0 Å². The van der Waals surface area contributed by atoms with Crippen LogP contribution in [0.2, 0.25) is 5.02 Å². The summed E-state index contributed by atoms with van der Waals surface area (Å²) >= 11 is 5.99. The predicted molar refractivity (Wildman–Crippen MR) is 97.9 cm³/mol. The van der Waals surface area contributed by atoms with Gasteiger partial charge in [-0.3, -0.25) is 9.97 Å². The third-order valence-electron chi connectivity index (χ3n) is 3.88. The smallest absolute Gasteiger partial charge is 0.0576 e. The van der Waals surface area contributed by atoms with Crippen LogP contribution in [-0.2, 0) is 13.0 Å². The van der Waals surface area contributed by atoms with Gasteiger partial charge in [-0.1, -0.05) is 35.9 Å². The van der Waals surface area contributed by atoms with E-state index in [1.807, 2.05) is 42.9 Å². The lowest BCUT2D eigenvalue weighted by Gasteiger charge is -2.19. The summed E-state index contributed by atoms with van der Waals surface area (Å²) in [7, 11) is 0. The number of rotatable bonds is 6. The van der Waals surface area contributed by atoms with Crippen molar-refractivity contribution in [3.05, 3.63) is 94.5 Å². The van der Waals surface area contributed by atoms with Gasteiger partial charge >= 0.3 is 0 Å². The number of halogens is 1. The van der Waals surface area contributed by atoms with Crippen LogP contribution >= 0.6 is 11.6 Å². The third kappa shape index (κ3) is 4.63. The molecule has 2 heterocycles. The molecule has 3 aromatic rings. The number of hydrogen-bond acceptors (Lipinski definition) is 3. The van der Waals surface area contributed by atoms with E-state index in [0.29, 0.717) is 0 Å². The fourth-order valence-electron chi connectivity index (χ4n) is 2.67. The molecule has 1 unspecified atom stereocenters. The van der Waals surface area contributed by atoms with Gasteiger partial charge in [-0.2, -0.15) is 0 Å². The van der Waals surface area contributed by atoms with Crippen molar-refractivity contribution in [1.82, 2.24) is 15.3 Å². The second-order valence-electron chi connectivity index (χ2n) is 5.89. The zero-order valence-corrected chi connectivity index (χ0v) is 14.4. The molecule has 122 valence electrons. The number of nitrogens with zero attached hydrogens (tertiary/aromatic N) is 2. The molecule has 0 saturated carbocycles. The molecule has 3 rings (SSSR count). The first-order valence-corrected chi connectivity index (χ1v) is 8.38. The molecule has 1 N–H and O–H groups in total. The first-order valence-electron chi connectivity index (χ1n) is 8.00. The second-order valence-corrected chi connectivity index (χ2v) is 6.33. The lowest BCUT2D eigenvalue weighted by molar-refractivity contribution is 0.518. The molecule has 0 saturated heterocycles. The molecule has 0 aliphatic heterocycles. The minimum absolute atomic E-state index is 0.132. The van der Waals surface area contributed by atoms with Gasteiger partial charge in [0.1, 0.15) is 0 Å². The SMILES string of the molecule is Cc1cncc(CNC(Cc2ccc(Cl)cc2)c2ccccn2)c1. The van der Waals surface area contributed by atoms with Gasteiger partial charge < -0.3 is 5.32 Å². The van der Waals surface area contributed by atoms with Gasteiger partial charge in [-0.15, -0.1) is 0 Å². The molecular formula is C20H20ClN3. The topological polar surface area (TPSA) is 37.8 Å². The van der Waals surface area contributed by atoms with Crippen LogP contribution in [0.25, 0.3) is 0 Å². The van der Waals surface area contributed by atoms with Crippen LogP contribution in [0.5, 0.6) is 0 Å². The largest absolute Gasteiger partial charge is 0.304 e. The average molecular weight is 338 g/mol. The maximum atomic E-state index is 5.99. The van der Waals surface area contributed by atoms with E-state index < -0.39 is 0 Å². The number of aryl methyl sites for hydroxylation is 1. The molecule has 3 nitrogen and oxygen atoms in total. The summed E-state index contributed by atoms with van der Waals surface area (Å²) in [5.41, 5.74) is 4.60. The fourth-order valence-corrected chi connectivity index (χ4v) is 2.80. The van der Waals surface area contributed by atoms with Crippen molar-refractivity contribution >= 4 is 11.6 Å². The summed E-state index contributed by atoms with van der Waals surface area (Å²) in [5, 5.41) is 4.36. The Bertz CT molecular complexity index is 772. The molecule has 2 aromatic heterocycles. The van der Waals surface area contributed by atoms with Crippen LogP contribution in [0.15, 0.2) is 67.1 Å². The van der Waals surface area contributed by atoms with E-state index in [0.717, 1.165) is 23.7 Å². The zero-order valence-electron chi connectivity index (χ0n) is 13.6. The summed E-state index contributed by atoms with van der Waals surface area (Å²) in [6.07, 6.45) is 6.46. The Balaban J connectivity index is 1.76. The summed E-state index contributed by atoms with van der Waals surface area (Å²) in [5.74, 6) is 0. The number of aromatic nitrogens is 2. The third-order valence-corrected chi connectivity index (χ3v) is 4.13. The van der Waals surface area contributed by atoms with Crippen molar-refractivity contribution in [3.63, 3.8) is 0 Å². The Hall–Kier alpha value is -2.23. The molecule has 4 heteroatoms. The molecule has 24 heavy (non-hydrogen) atoms. The highest BCUT2D eigenvalue weighted by atomic mass is 35.5. The first kappa shape index (κ1) is 16.6. The normalized spacial score (nSPS) is 12.1. The molecule has 0 fully saturated rings. The van der Waals surface area contributed by atoms with Gasteiger partial charge in [0.15, 0.2) is 0 Å². The van der Waals surface area contributed by atoms with Crippen molar-refractivity contribution in [2.45, 2.75) is 25.9 Å². The van der Waals surface area contributed by atoms with Gasteiger partial charge in [0, 0.05) is 30.2 Å². The maximum Gasteiger partial charge on any atom is 0.0576 e. The molecule has 1 atom stereocenters. The minimum Gasteiger partial charge on any atom is -0.304 e. The monoisotopic (exact) mass is 337 g/mol. The quantitative estimate of drug-likeness (QED) is 0.719. The number of pyridine rings is 2. The molecule has 0 amide bonds. The number of nitrogens with one attached hydrogen (secondary N) is 1. The lowest BCUT2D eigenvalue weighted by Crippen LogP contribution is -2.24. The van der Waals surface area contributed by atoms with Gasteiger partial charge in [-0.25, -0.2) is 0 Å². The molecular weight excluding hydrogens is 318 g/mol. The fraction of sp³-hybridized carbons (Fsp3) is 0.200. The highest BCUT2D eigenvalue weighted by Crippen LogP contribution is 2.19. The van der Waals surface area contributed by atoms with E-state index in [2.05, 4.69) is 46.5 Å². The molecule has 0 aliphatic carbocycles. The molecule has 0 aliphatic rings. The van der Waals surface area contributed by atoms with Crippen LogP contribution < -0.4 is 5.32 Å². The minimum atomic E-state index is 0.132. The molecule has 1 aromatic carbocycles. The average Bonchev–Trinajstić information content (AvgIpc) is 2.61. The van der Waals surface area contributed by atoms with Gasteiger partial charge in [0.25, 0.3) is 0 Å². The highest BCUT2D eigenvalue weighted by Gasteiger charge is 2.13. The van der Waals surface area contributed by atoms with E-state index in [1.54, 1.807) is 0 Å². The number of hydrogen-bond donors (Lipinski definition) is 1. The van der Waals surface area contributed by atoms with E-state index in [9.17, 15) is 0 Å². The predicted octanol–water partition coefficient (Wildman–Crippen LogP) is 4.51. The van der Waals surface area contributed by atoms with Gasteiger partial charge in [-0.05, 0) is 54.3 Å². The van der Waals surface area contributed by atoms with Crippen LogP contribution in [0.3, 0.4) is 0 Å². The Morgan fingerprint density at radius 3 is 2.58 bits per heavy atom. The van der Waals surface area contributed by atoms with E-state index in [-0.39, 0.29) is 6.04 Å². The molecule has 0 spiro atoms. The van der Waals surface area contributed by atoms with E-state index in [1.165, 1.54) is 16.7 Å². The lowest BCUT2D eigenvalue weighted by atomic mass is 10.0. The first-order chi connectivity index (χ1) is 11.7. The number of benzene rings is 1. The summed E-state index contributed by atoms with van der Waals surface area (Å²) in [6.45, 7) is 2.81.